The number of thioether (sulfide) groups is 1. The Bertz CT molecular complexity index is 368. The van der Waals surface area contributed by atoms with E-state index < -0.39 is 12.0 Å². The number of amides is 1. The fraction of sp³-hybridized carbons (Fsp3) is 0.857. The third-order valence-electron chi connectivity index (χ3n) is 3.33. The van der Waals surface area contributed by atoms with Crippen LogP contribution in [0.4, 0.5) is 0 Å². The average molecular weight is 302 g/mol. The summed E-state index contributed by atoms with van der Waals surface area (Å²) >= 11 is 1.54. The summed E-state index contributed by atoms with van der Waals surface area (Å²) in [6.07, 6.45) is 1.72. The summed E-state index contributed by atoms with van der Waals surface area (Å²) in [7, 11) is 0. The van der Waals surface area contributed by atoms with Gasteiger partial charge in [0.2, 0.25) is 5.91 Å². The summed E-state index contributed by atoms with van der Waals surface area (Å²) in [6, 6.07) is -0.931. The van der Waals surface area contributed by atoms with Crippen molar-refractivity contribution in [3.63, 3.8) is 0 Å². The van der Waals surface area contributed by atoms with Gasteiger partial charge < -0.3 is 15.7 Å². The van der Waals surface area contributed by atoms with Crippen LogP contribution in [0.25, 0.3) is 0 Å². The lowest BCUT2D eigenvalue weighted by molar-refractivity contribution is -0.149. The number of rotatable bonds is 5. The quantitative estimate of drug-likeness (QED) is 0.810. The molecule has 1 saturated heterocycles. The van der Waals surface area contributed by atoms with Gasteiger partial charge >= 0.3 is 5.97 Å². The van der Waals surface area contributed by atoms with E-state index >= 15 is 0 Å². The molecular weight excluding hydrogens is 276 g/mol. The van der Waals surface area contributed by atoms with Crippen LogP contribution < -0.4 is 5.73 Å². The standard InChI is InChI=1S/C14H26N2O3S/c1-5-12-16(10(8-20-12)13(18)19)11(17)6-9(15)7-14(2,3)4/h9-10,12H,5-8,15H2,1-4H3,(H,18,19). The molecule has 3 unspecified atom stereocenters. The van der Waals surface area contributed by atoms with Crippen LogP contribution in [0.3, 0.4) is 0 Å². The Kier molecular flexibility index (Phi) is 5.89. The van der Waals surface area contributed by atoms with Crippen LogP contribution >= 0.6 is 11.8 Å². The molecule has 6 heteroatoms. The van der Waals surface area contributed by atoms with Gasteiger partial charge in [0.05, 0.1) is 5.37 Å². The van der Waals surface area contributed by atoms with Crippen LogP contribution in [0.15, 0.2) is 0 Å². The first-order valence-electron chi connectivity index (χ1n) is 7.07. The Hall–Kier alpha value is -0.750. The molecule has 0 aliphatic carbocycles. The highest BCUT2D eigenvalue weighted by Gasteiger charge is 2.40. The van der Waals surface area contributed by atoms with Crippen molar-refractivity contribution in [3.8, 4) is 0 Å². The summed E-state index contributed by atoms with van der Waals surface area (Å²) in [5, 5.41) is 9.19. The molecule has 0 aromatic carbocycles. The first-order chi connectivity index (χ1) is 9.15. The zero-order chi connectivity index (χ0) is 15.5. The van der Waals surface area contributed by atoms with Gasteiger partial charge in [0.25, 0.3) is 0 Å². The van der Waals surface area contributed by atoms with Crippen molar-refractivity contribution in [2.75, 3.05) is 5.75 Å². The predicted molar refractivity (Wildman–Crippen MR) is 81.5 cm³/mol. The molecule has 5 nitrogen and oxygen atoms in total. The molecule has 0 aromatic rings. The van der Waals surface area contributed by atoms with E-state index in [1.165, 1.54) is 16.7 Å². The van der Waals surface area contributed by atoms with Crippen molar-refractivity contribution in [2.45, 2.75) is 64.4 Å². The monoisotopic (exact) mass is 302 g/mol. The molecule has 1 heterocycles. The molecule has 0 radical (unpaired) electrons. The van der Waals surface area contributed by atoms with E-state index in [4.69, 9.17) is 5.73 Å². The Morgan fingerprint density at radius 3 is 2.50 bits per heavy atom. The lowest BCUT2D eigenvalue weighted by atomic mass is 9.87. The number of nitrogens with two attached hydrogens (primary N) is 1. The zero-order valence-corrected chi connectivity index (χ0v) is 13.6. The van der Waals surface area contributed by atoms with E-state index in [1.807, 2.05) is 6.92 Å². The average Bonchev–Trinajstić information content (AvgIpc) is 2.69. The number of hydrogen-bond donors (Lipinski definition) is 2. The fourth-order valence-electron chi connectivity index (χ4n) is 2.59. The van der Waals surface area contributed by atoms with Crippen molar-refractivity contribution in [3.05, 3.63) is 0 Å². The first kappa shape index (κ1) is 17.3. The van der Waals surface area contributed by atoms with Gasteiger partial charge in [-0.2, -0.15) is 0 Å². The summed E-state index contributed by atoms with van der Waals surface area (Å²) < 4.78 is 0. The van der Waals surface area contributed by atoms with Gasteiger partial charge in [-0.3, -0.25) is 4.79 Å². The first-order valence-corrected chi connectivity index (χ1v) is 8.11. The summed E-state index contributed by atoms with van der Waals surface area (Å²) in [5.74, 6) is -0.592. The van der Waals surface area contributed by atoms with Gasteiger partial charge in [-0.05, 0) is 18.3 Å². The molecule has 116 valence electrons. The second kappa shape index (κ2) is 6.80. The van der Waals surface area contributed by atoms with Gasteiger partial charge in [-0.1, -0.05) is 27.7 Å². The summed E-state index contributed by atoms with van der Waals surface area (Å²) in [5.41, 5.74) is 6.10. The number of carbonyl (C=O) groups is 2. The predicted octanol–water partition coefficient (Wildman–Crippen LogP) is 1.90. The van der Waals surface area contributed by atoms with E-state index in [9.17, 15) is 14.7 Å². The number of carboxylic acids is 1. The zero-order valence-electron chi connectivity index (χ0n) is 12.8. The van der Waals surface area contributed by atoms with Crippen LogP contribution in [0, 0.1) is 5.41 Å². The van der Waals surface area contributed by atoms with Crippen LogP contribution in [-0.2, 0) is 9.59 Å². The smallest absolute Gasteiger partial charge is 0.327 e. The molecule has 1 fully saturated rings. The third kappa shape index (κ3) is 4.66. The second-order valence-corrected chi connectivity index (χ2v) is 7.79. The maximum absolute atomic E-state index is 12.4. The SMILES string of the molecule is CCC1SCC(C(=O)O)N1C(=O)CC(N)CC(C)(C)C. The van der Waals surface area contributed by atoms with E-state index in [-0.39, 0.29) is 29.2 Å². The molecular formula is C14H26N2O3S. The Labute approximate surface area is 125 Å². The minimum atomic E-state index is -0.925. The molecule has 3 N–H and O–H groups in total. The summed E-state index contributed by atoms with van der Waals surface area (Å²) in [6.45, 7) is 8.21. The highest BCUT2D eigenvalue weighted by Crippen LogP contribution is 2.32. The Balaban J connectivity index is 2.70. The number of nitrogens with zero attached hydrogens (tertiary/aromatic N) is 1. The molecule has 0 spiro atoms. The molecule has 1 aliphatic rings. The van der Waals surface area contributed by atoms with Crippen molar-refractivity contribution < 1.29 is 14.7 Å². The van der Waals surface area contributed by atoms with Crippen LogP contribution in [0.5, 0.6) is 0 Å². The van der Waals surface area contributed by atoms with E-state index in [0.29, 0.717) is 5.75 Å². The number of carboxylic acid groups (broad SMARTS) is 1. The number of carbonyl (C=O) groups excluding carboxylic acids is 1. The Morgan fingerprint density at radius 1 is 1.45 bits per heavy atom. The number of hydrogen-bond acceptors (Lipinski definition) is 4. The van der Waals surface area contributed by atoms with Gasteiger partial charge in [-0.25, -0.2) is 4.79 Å². The minimum absolute atomic E-state index is 0.0366. The molecule has 3 atom stereocenters. The highest BCUT2D eigenvalue weighted by atomic mass is 32.2. The maximum Gasteiger partial charge on any atom is 0.327 e. The molecule has 0 aromatic heterocycles. The van der Waals surface area contributed by atoms with Crippen molar-refractivity contribution in [2.24, 2.45) is 11.1 Å². The van der Waals surface area contributed by atoms with E-state index in [0.717, 1.165) is 12.8 Å². The lowest BCUT2D eigenvalue weighted by Gasteiger charge is -2.29. The topological polar surface area (TPSA) is 83.6 Å². The van der Waals surface area contributed by atoms with Crippen molar-refractivity contribution in [1.29, 1.82) is 0 Å². The largest absolute Gasteiger partial charge is 0.480 e. The van der Waals surface area contributed by atoms with Gasteiger partial charge in [0.1, 0.15) is 6.04 Å². The lowest BCUT2D eigenvalue weighted by Crippen LogP contribution is -2.47. The van der Waals surface area contributed by atoms with E-state index in [2.05, 4.69) is 20.8 Å². The van der Waals surface area contributed by atoms with Crippen molar-refractivity contribution in [1.82, 2.24) is 4.90 Å². The maximum atomic E-state index is 12.4. The van der Waals surface area contributed by atoms with Gasteiger partial charge in [-0.15, -0.1) is 11.8 Å². The molecule has 1 amide bonds. The van der Waals surface area contributed by atoms with Crippen LogP contribution in [0.1, 0.15) is 47.0 Å². The van der Waals surface area contributed by atoms with Crippen molar-refractivity contribution >= 4 is 23.6 Å². The Morgan fingerprint density at radius 2 is 2.05 bits per heavy atom. The normalized spacial score (nSPS) is 24.8. The second-order valence-electron chi connectivity index (χ2n) is 6.58. The molecule has 1 rings (SSSR count). The molecule has 1 aliphatic heterocycles. The highest BCUT2D eigenvalue weighted by molar-refractivity contribution is 8.00. The van der Waals surface area contributed by atoms with Gasteiger partial charge in [0.15, 0.2) is 0 Å². The summed E-state index contributed by atoms with van der Waals surface area (Å²) in [4.78, 5) is 25.2. The molecule has 20 heavy (non-hydrogen) atoms. The van der Waals surface area contributed by atoms with E-state index in [1.54, 1.807) is 0 Å². The van der Waals surface area contributed by atoms with Gasteiger partial charge in [0, 0.05) is 18.2 Å². The minimum Gasteiger partial charge on any atom is -0.480 e. The fourth-order valence-corrected chi connectivity index (χ4v) is 3.96. The molecule has 0 saturated carbocycles. The third-order valence-corrected chi connectivity index (χ3v) is 4.78. The van der Waals surface area contributed by atoms with Crippen LogP contribution in [-0.4, -0.2) is 45.1 Å². The molecule has 0 bridgehead atoms. The number of aliphatic carboxylic acids is 1. The van der Waals surface area contributed by atoms with Crippen LogP contribution in [0.2, 0.25) is 0 Å².